The van der Waals surface area contributed by atoms with E-state index in [1.54, 1.807) is 0 Å². The zero-order chi connectivity index (χ0) is 42.1. The third kappa shape index (κ3) is 5.75. The lowest BCUT2D eigenvalue weighted by Crippen LogP contribution is -2.01. The largest absolute Gasteiger partial charge is 0.309 e. The van der Waals surface area contributed by atoms with Gasteiger partial charge in [-0.2, -0.15) is 0 Å². The monoisotopic (exact) mass is 815 g/mol. The maximum atomic E-state index is 5.36. The Balaban J connectivity index is 1.02. The van der Waals surface area contributed by atoms with E-state index in [1.165, 1.54) is 38.0 Å². The minimum Gasteiger partial charge on any atom is -0.309 e. The fourth-order valence-corrected chi connectivity index (χ4v) is 9.76. The zero-order valence-electron chi connectivity index (χ0n) is 34.6. The van der Waals surface area contributed by atoms with Crippen LogP contribution in [0.5, 0.6) is 0 Å². The van der Waals surface area contributed by atoms with E-state index in [-0.39, 0.29) is 0 Å². The Morgan fingerprint density at radius 2 is 0.781 bits per heavy atom. The highest BCUT2D eigenvalue weighted by Gasteiger charge is 2.20. The first kappa shape index (κ1) is 36.0. The molecule has 0 aliphatic rings. The van der Waals surface area contributed by atoms with Gasteiger partial charge in [-0.05, 0) is 87.9 Å². The van der Waals surface area contributed by atoms with E-state index in [1.807, 2.05) is 6.07 Å². The SMILES string of the molecule is c1ccc(-c2ccc(-c3nc(-c4ccc5c(c4)c4ccccc4n5-c4ccccc4)nc(-c4cccc5c(-n6c7ccccc7c7cc8ccccc8cc76)cccc45)n3)cc2)cc1. The Hall–Kier alpha value is -8.67. The van der Waals surface area contributed by atoms with Crippen molar-refractivity contribution in [2.45, 2.75) is 0 Å². The maximum Gasteiger partial charge on any atom is 0.164 e. The van der Waals surface area contributed by atoms with E-state index in [2.05, 4.69) is 228 Å². The highest BCUT2D eigenvalue weighted by molar-refractivity contribution is 6.15. The Morgan fingerprint density at radius 3 is 1.55 bits per heavy atom. The third-order valence-electron chi connectivity index (χ3n) is 12.8. The van der Waals surface area contributed by atoms with Crippen LogP contribution >= 0.6 is 0 Å². The molecule has 3 aromatic heterocycles. The highest BCUT2D eigenvalue weighted by atomic mass is 15.0. The molecule has 0 bridgehead atoms. The summed E-state index contributed by atoms with van der Waals surface area (Å²) in [5.41, 5.74) is 11.9. The minimum atomic E-state index is 0.619. The predicted molar refractivity (Wildman–Crippen MR) is 265 cm³/mol. The summed E-state index contributed by atoms with van der Waals surface area (Å²) in [4.78, 5) is 15.9. The number of hydrogen-bond donors (Lipinski definition) is 0. The molecule has 0 saturated heterocycles. The molecule has 13 aromatic rings. The average molecular weight is 816 g/mol. The zero-order valence-corrected chi connectivity index (χ0v) is 34.6. The summed E-state index contributed by atoms with van der Waals surface area (Å²) in [5.74, 6) is 1.86. The Kier molecular flexibility index (Phi) is 8.15. The molecule has 3 heterocycles. The lowest BCUT2D eigenvalue weighted by Gasteiger charge is -2.15. The van der Waals surface area contributed by atoms with Crippen LogP contribution in [0.15, 0.2) is 224 Å². The molecule has 0 aliphatic carbocycles. The van der Waals surface area contributed by atoms with Crippen LogP contribution in [-0.2, 0) is 0 Å². The average Bonchev–Trinajstić information content (AvgIpc) is 3.87. The minimum absolute atomic E-state index is 0.619. The van der Waals surface area contributed by atoms with Crippen molar-refractivity contribution >= 4 is 65.2 Å². The summed E-state index contributed by atoms with van der Waals surface area (Å²) < 4.78 is 4.75. The molecule has 0 aliphatic heterocycles. The molecule has 5 heteroatoms. The molecule has 0 amide bonds. The lowest BCUT2D eigenvalue weighted by atomic mass is 10.0. The van der Waals surface area contributed by atoms with Crippen molar-refractivity contribution in [2.75, 3.05) is 0 Å². The normalized spacial score (nSPS) is 11.8. The van der Waals surface area contributed by atoms with E-state index < -0.39 is 0 Å². The van der Waals surface area contributed by atoms with Crippen LogP contribution in [0.2, 0.25) is 0 Å². The van der Waals surface area contributed by atoms with E-state index >= 15 is 0 Å². The number of aromatic nitrogens is 5. The molecule has 10 aromatic carbocycles. The van der Waals surface area contributed by atoms with Crippen LogP contribution in [0.3, 0.4) is 0 Å². The fraction of sp³-hybridized carbons (Fsp3) is 0. The predicted octanol–water partition coefficient (Wildman–Crippen LogP) is 15.0. The number of nitrogens with zero attached hydrogens (tertiary/aromatic N) is 5. The molecule has 13 rings (SSSR count). The van der Waals surface area contributed by atoms with Crippen molar-refractivity contribution < 1.29 is 0 Å². The Morgan fingerprint density at radius 1 is 0.266 bits per heavy atom. The van der Waals surface area contributed by atoms with Gasteiger partial charge in [-0.3, -0.25) is 0 Å². The lowest BCUT2D eigenvalue weighted by molar-refractivity contribution is 1.08. The molecule has 64 heavy (non-hydrogen) atoms. The quantitative estimate of drug-likeness (QED) is 0.168. The van der Waals surface area contributed by atoms with Crippen LogP contribution in [0.25, 0.3) is 122 Å². The maximum absolute atomic E-state index is 5.36. The molecule has 298 valence electrons. The molecule has 0 saturated carbocycles. The second-order valence-corrected chi connectivity index (χ2v) is 16.4. The van der Waals surface area contributed by atoms with Crippen molar-refractivity contribution in [3.8, 4) is 56.7 Å². The Bertz CT molecular complexity index is 3940. The van der Waals surface area contributed by atoms with Crippen molar-refractivity contribution in [2.24, 2.45) is 0 Å². The van der Waals surface area contributed by atoms with E-state index in [9.17, 15) is 0 Å². The van der Waals surface area contributed by atoms with Crippen LogP contribution in [0, 0.1) is 0 Å². The van der Waals surface area contributed by atoms with E-state index in [0.29, 0.717) is 17.5 Å². The Labute approximate surface area is 368 Å². The van der Waals surface area contributed by atoms with Gasteiger partial charge in [0.05, 0.1) is 27.8 Å². The fourth-order valence-electron chi connectivity index (χ4n) is 9.76. The molecule has 0 spiro atoms. The molecule has 0 N–H and O–H groups in total. The molecule has 0 radical (unpaired) electrons. The van der Waals surface area contributed by atoms with Crippen molar-refractivity contribution in [3.63, 3.8) is 0 Å². The van der Waals surface area contributed by atoms with Crippen LogP contribution < -0.4 is 0 Å². The van der Waals surface area contributed by atoms with Gasteiger partial charge in [0.2, 0.25) is 0 Å². The number of fused-ring (bicyclic) bond motifs is 8. The second kappa shape index (κ2) is 14.5. The van der Waals surface area contributed by atoms with Crippen molar-refractivity contribution in [3.05, 3.63) is 224 Å². The summed E-state index contributed by atoms with van der Waals surface area (Å²) in [6.45, 7) is 0. The summed E-state index contributed by atoms with van der Waals surface area (Å²) in [6.07, 6.45) is 0. The van der Waals surface area contributed by atoms with Gasteiger partial charge in [-0.15, -0.1) is 0 Å². The van der Waals surface area contributed by atoms with Crippen LogP contribution in [0.4, 0.5) is 0 Å². The highest BCUT2D eigenvalue weighted by Crippen LogP contribution is 2.40. The first-order valence-corrected chi connectivity index (χ1v) is 21.7. The van der Waals surface area contributed by atoms with Gasteiger partial charge >= 0.3 is 0 Å². The van der Waals surface area contributed by atoms with Gasteiger partial charge in [-0.1, -0.05) is 164 Å². The smallest absolute Gasteiger partial charge is 0.164 e. The third-order valence-corrected chi connectivity index (χ3v) is 12.8. The molecular formula is C59H37N5. The van der Waals surface area contributed by atoms with Crippen molar-refractivity contribution in [1.82, 2.24) is 24.1 Å². The number of benzene rings is 10. The standard InChI is InChI=1S/C59H37N5/c1-3-15-38(16-4-1)39-29-31-40(32-30-39)57-60-58(43-33-34-55-50(36-43)47-21-9-11-26-52(47)63(55)44-19-5-2-6-20-44)62-59(61-57)49-25-13-24-46-45(49)23-14-28-54(46)64-53-27-12-10-22-48(53)51-35-41-17-7-8-18-42(41)37-56(51)64/h1-37H. The molecule has 0 fully saturated rings. The molecule has 5 nitrogen and oxygen atoms in total. The topological polar surface area (TPSA) is 48.5 Å². The first-order valence-electron chi connectivity index (χ1n) is 21.7. The second-order valence-electron chi connectivity index (χ2n) is 16.4. The van der Waals surface area contributed by atoms with Gasteiger partial charge in [0.25, 0.3) is 0 Å². The van der Waals surface area contributed by atoms with Crippen LogP contribution in [0.1, 0.15) is 0 Å². The van der Waals surface area contributed by atoms with Gasteiger partial charge in [0, 0.05) is 49.3 Å². The molecule has 0 atom stereocenters. The van der Waals surface area contributed by atoms with E-state index in [0.717, 1.165) is 66.4 Å². The van der Waals surface area contributed by atoms with Crippen molar-refractivity contribution in [1.29, 1.82) is 0 Å². The summed E-state index contributed by atoms with van der Waals surface area (Å²) in [5, 5.41) is 9.40. The number of hydrogen-bond acceptors (Lipinski definition) is 3. The van der Waals surface area contributed by atoms with Gasteiger partial charge in [-0.25, -0.2) is 15.0 Å². The summed E-state index contributed by atoms with van der Waals surface area (Å²) >= 11 is 0. The number of rotatable bonds is 6. The van der Waals surface area contributed by atoms with Crippen LogP contribution in [-0.4, -0.2) is 24.1 Å². The van der Waals surface area contributed by atoms with E-state index in [4.69, 9.17) is 15.0 Å². The van der Waals surface area contributed by atoms with Gasteiger partial charge in [0.1, 0.15) is 0 Å². The van der Waals surface area contributed by atoms with Gasteiger partial charge < -0.3 is 9.13 Å². The van der Waals surface area contributed by atoms with Gasteiger partial charge in [0.15, 0.2) is 17.5 Å². The number of para-hydroxylation sites is 3. The molecular weight excluding hydrogens is 779 g/mol. The summed E-state index contributed by atoms with van der Waals surface area (Å²) in [6, 6.07) is 79.8. The summed E-state index contributed by atoms with van der Waals surface area (Å²) in [7, 11) is 0. The molecule has 0 unspecified atom stereocenters. The first-order chi connectivity index (χ1) is 31.7.